The standard InChI is InChI=1S/C48H52O4P2/c1-29-15-30(2)20-38(19-29)53(39-21-31(3)16-32(4)22-39)47-45(52-12)28-44(51-11)46(42-14-13-37(49-9)27-43(42)50-10)48(47)54(40-23-33(5)17-34(6)24-40)41-25-35(7)18-36(8)26-41/h13-28H,1-12H3. The largest absolute Gasteiger partial charge is 0.497 e. The van der Waals surface area contributed by atoms with E-state index in [4.69, 9.17) is 18.9 Å². The van der Waals surface area contributed by atoms with Gasteiger partial charge in [0, 0.05) is 33.9 Å². The number of benzene rings is 6. The van der Waals surface area contributed by atoms with E-state index in [0.29, 0.717) is 5.75 Å². The van der Waals surface area contributed by atoms with Crippen LogP contribution in [0.5, 0.6) is 23.0 Å². The van der Waals surface area contributed by atoms with E-state index in [1.54, 1.807) is 28.4 Å². The quantitative estimate of drug-likeness (QED) is 0.124. The zero-order valence-corrected chi connectivity index (χ0v) is 35.6. The Labute approximate surface area is 325 Å². The molecule has 0 aliphatic heterocycles. The second kappa shape index (κ2) is 16.4. The molecule has 278 valence electrons. The molecule has 6 aromatic carbocycles. The second-order valence-corrected chi connectivity index (χ2v) is 18.8. The van der Waals surface area contributed by atoms with E-state index in [9.17, 15) is 0 Å². The molecule has 0 N–H and O–H groups in total. The second-order valence-electron chi connectivity index (χ2n) is 14.5. The van der Waals surface area contributed by atoms with Crippen molar-refractivity contribution in [1.82, 2.24) is 0 Å². The molecular formula is C48H52O4P2. The average molecular weight is 755 g/mol. The smallest absolute Gasteiger partial charge is 0.131 e. The Morgan fingerprint density at radius 2 is 0.685 bits per heavy atom. The van der Waals surface area contributed by atoms with Crippen LogP contribution in [0.15, 0.2) is 97.1 Å². The van der Waals surface area contributed by atoms with Gasteiger partial charge in [-0.15, -0.1) is 0 Å². The van der Waals surface area contributed by atoms with Crippen molar-refractivity contribution >= 4 is 47.7 Å². The Morgan fingerprint density at radius 1 is 0.333 bits per heavy atom. The summed E-state index contributed by atoms with van der Waals surface area (Å²) in [5, 5.41) is 7.48. The van der Waals surface area contributed by atoms with Crippen molar-refractivity contribution in [3.8, 4) is 34.1 Å². The number of rotatable bonds is 11. The first-order valence-corrected chi connectivity index (χ1v) is 21.0. The third-order valence-electron chi connectivity index (χ3n) is 9.63. The molecule has 0 aliphatic carbocycles. The van der Waals surface area contributed by atoms with Crippen molar-refractivity contribution in [3.05, 3.63) is 142 Å². The minimum atomic E-state index is -1.22. The molecule has 0 spiro atoms. The van der Waals surface area contributed by atoms with Crippen LogP contribution in [-0.4, -0.2) is 28.4 Å². The molecule has 0 fully saturated rings. The zero-order chi connectivity index (χ0) is 38.8. The molecule has 6 rings (SSSR count). The van der Waals surface area contributed by atoms with E-state index in [1.807, 2.05) is 12.1 Å². The van der Waals surface area contributed by atoms with Crippen LogP contribution in [0.1, 0.15) is 44.5 Å². The molecule has 6 aromatic rings. The van der Waals surface area contributed by atoms with Gasteiger partial charge in [-0.05, 0) is 105 Å². The van der Waals surface area contributed by atoms with E-state index in [0.717, 1.165) is 28.4 Å². The molecule has 0 heterocycles. The highest BCUT2D eigenvalue weighted by Crippen LogP contribution is 2.50. The highest BCUT2D eigenvalue weighted by molar-refractivity contribution is 7.85. The van der Waals surface area contributed by atoms with Crippen molar-refractivity contribution in [3.63, 3.8) is 0 Å². The lowest BCUT2D eigenvalue weighted by atomic mass is 10.0. The summed E-state index contributed by atoms with van der Waals surface area (Å²) in [5.74, 6) is 2.97. The van der Waals surface area contributed by atoms with Crippen LogP contribution in [0.2, 0.25) is 0 Å². The molecular weight excluding hydrogens is 702 g/mol. The molecule has 0 unspecified atom stereocenters. The lowest BCUT2D eigenvalue weighted by Gasteiger charge is -2.33. The zero-order valence-electron chi connectivity index (χ0n) is 33.8. The average Bonchev–Trinajstić information content (AvgIpc) is 3.10. The predicted molar refractivity (Wildman–Crippen MR) is 233 cm³/mol. The summed E-state index contributed by atoms with van der Waals surface area (Å²) < 4.78 is 24.9. The van der Waals surface area contributed by atoms with E-state index >= 15 is 0 Å². The van der Waals surface area contributed by atoms with Crippen LogP contribution in [-0.2, 0) is 0 Å². The van der Waals surface area contributed by atoms with E-state index in [-0.39, 0.29) is 0 Å². The van der Waals surface area contributed by atoms with Crippen LogP contribution in [0, 0.1) is 55.4 Å². The summed E-state index contributed by atoms with van der Waals surface area (Å²) in [7, 11) is 4.56. The monoisotopic (exact) mass is 754 g/mol. The van der Waals surface area contributed by atoms with E-state index in [2.05, 4.69) is 140 Å². The van der Waals surface area contributed by atoms with Crippen LogP contribution in [0.3, 0.4) is 0 Å². The fraction of sp³-hybridized carbons (Fsp3) is 0.250. The first-order chi connectivity index (χ1) is 25.8. The van der Waals surface area contributed by atoms with Gasteiger partial charge >= 0.3 is 0 Å². The van der Waals surface area contributed by atoms with Crippen LogP contribution in [0.4, 0.5) is 0 Å². The fourth-order valence-electron chi connectivity index (χ4n) is 7.76. The first-order valence-electron chi connectivity index (χ1n) is 18.3. The normalized spacial score (nSPS) is 11.3. The van der Waals surface area contributed by atoms with E-state index in [1.165, 1.54) is 76.3 Å². The minimum Gasteiger partial charge on any atom is -0.497 e. The maximum Gasteiger partial charge on any atom is 0.131 e. The fourth-order valence-corrected chi connectivity index (χ4v) is 14.1. The predicted octanol–water partition coefficient (Wildman–Crippen LogP) is 9.37. The summed E-state index contributed by atoms with van der Waals surface area (Å²) in [6, 6.07) is 36.2. The Morgan fingerprint density at radius 3 is 1.02 bits per heavy atom. The number of hydrogen-bond donors (Lipinski definition) is 0. The number of ether oxygens (including phenoxy) is 4. The summed E-state index contributed by atoms with van der Waals surface area (Å²) in [4.78, 5) is 0. The third kappa shape index (κ3) is 8.07. The van der Waals surface area contributed by atoms with Gasteiger partial charge in [0.1, 0.15) is 23.0 Å². The van der Waals surface area contributed by atoms with Crippen LogP contribution in [0.25, 0.3) is 11.1 Å². The van der Waals surface area contributed by atoms with Gasteiger partial charge in [-0.1, -0.05) is 117 Å². The summed E-state index contributed by atoms with van der Waals surface area (Å²) >= 11 is 0. The number of aryl methyl sites for hydroxylation is 8. The van der Waals surface area contributed by atoms with Crippen LogP contribution >= 0.6 is 15.8 Å². The van der Waals surface area contributed by atoms with Gasteiger partial charge in [-0.3, -0.25) is 0 Å². The Kier molecular flexibility index (Phi) is 11.9. The van der Waals surface area contributed by atoms with Crippen molar-refractivity contribution in [2.24, 2.45) is 0 Å². The summed E-state index contributed by atoms with van der Waals surface area (Å²) in [6.45, 7) is 17.6. The molecule has 0 bridgehead atoms. The molecule has 0 saturated heterocycles. The lowest BCUT2D eigenvalue weighted by molar-refractivity contribution is 0.392. The van der Waals surface area contributed by atoms with Crippen molar-refractivity contribution in [1.29, 1.82) is 0 Å². The van der Waals surface area contributed by atoms with Crippen molar-refractivity contribution in [2.45, 2.75) is 55.4 Å². The van der Waals surface area contributed by atoms with Gasteiger partial charge < -0.3 is 18.9 Å². The first kappa shape index (κ1) is 39.1. The molecule has 54 heavy (non-hydrogen) atoms. The van der Waals surface area contributed by atoms with Crippen LogP contribution < -0.4 is 50.8 Å². The van der Waals surface area contributed by atoms with Crippen molar-refractivity contribution in [2.75, 3.05) is 28.4 Å². The Balaban J connectivity index is 1.93. The maximum absolute atomic E-state index is 6.57. The summed E-state index contributed by atoms with van der Waals surface area (Å²) in [5.41, 5.74) is 11.8. The van der Waals surface area contributed by atoms with Gasteiger partial charge in [-0.25, -0.2) is 0 Å². The van der Waals surface area contributed by atoms with Gasteiger partial charge in [0.25, 0.3) is 0 Å². The molecule has 4 nitrogen and oxygen atoms in total. The molecule has 0 amide bonds. The highest BCUT2D eigenvalue weighted by Gasteiger charge is 2.35. The van der Waals surface area contributed by atoms with Gasteiger partial charge in [0.2, 0.25) is 0 Å². The highest BCUT2D eigenvalue weighted by atomic mass is 31.1. The SMILES string of the molecule is COc1ccc(-c2c(OC)cc(OC)c(P(c3cc(C)cc(C)c3)c3cc(C)cc(C)c3)c2P(c2cc(C)cc(C)c2)c2cc(C)cc(C)c2)c(OC)c1. The molecule has 0 aliphatic rings. The van der Waals surface area contributed by atoms with Crippen molar-refractivity contribution < 1.29 is 18.9 Å². The number of methoxy groups -OCH3 is 4. The van der Waals surface area contributed by atoms with E-state index < -0.39 is 15.8 Å². The maximum atomic E-state index is 6.57. The molecule has 0 radical (unpaired) electrons. The topological polar surface area (TPSA) is 36.9 Å². The van der Waals surface area contributed by atoms with Gasteiger partial charge in [0.05, 0.1) is 28.4 Å². The molecule has 0 atom stereocenters. The molecule has 0 saturated carbocycles. The molecule has 6 heteroatoms. The Hall–Kier alpha value is -4.62. The lowest BCUT2D eigenvalue weighted by Crippen LogP contribution is -2.37. The summed E-state index contributed by atoms with van der Waals surface area (Å²) in [6.07, 6.45) is 0. The molecule has 0 aromatic heterocycles. The van der Waals surface area contributed by atoms with Gasteiger partial charge in [0.15, 0.2) is 0 Å². The third-order valence-corrected chi connectivity index (χ3v) is 14.7. The van der Waals surface area contributed by atoms with Gasteiger partial charge in [-0.2, -0.15) is 0 Å². The Bertz CT molecular complexity index is 2160. The minimum absolute atomic E-state index is 0.711. The number of hydrogen-bond acceptors (Lipinski definition) is 4.